The third-order valence-electron chi connectivity index (χ3n) is 4.67. The molecule has 0 aliphatic carbocycles. The van der Waals surface area contributed by atoms with Crippen LogP contribution in [0.1, 0.15) is 34.8 Å². The molecule has 158 valence electrons. The standard InChI is InChI=1S/C21H20ClN7O2/c1-12-10-23-21(27-17-7-8-24-29(17)3)28-18(12)16-11-31-20(26-16)19(30)25-13(2)14-5-4-6-15(22)9-14/h4-11,13H,1-3H3,(H,25,30)(H,23,27,28)/t13-/m1/s1. The van der Waals surface area contributed by atoms with Crippen molar-refractivity contribution in [2.24, 2.45) is 7.05 Å². The van der Waals surface area contributed by atoms with Crippen molar-refractivity contribution in [2.75, 3.05) is 5.32 Å². The summed E-state index contributed by atoms with van der Waals surface area (Å²) in [7, 11) is 1.81. The first-order valence-corrected chi connectivity index (χ1v) is 9.89. The molecule has 1 aromatic carbocycles. The van der Waals surface area contributed by atoms with E-state index in [2.05, 4.69) is 30.7 Å². The Morgan fingerprint density at radius 3 is 2.84 bits per heavy atom. The maximum Gasteiger partial charge on any atom is 0.307 e. The highest BCUT2D eigenvalue weighted by Gasteiger charge is 2.19. The Labute approximate surface area is 183 Å². The minimum atomic E-state index is -0.432. The number of hydrogen-bond donors (Lipinski definition) is 2. The van der Waals surface area contributed by atoms with Gasteiger partial charge in [0, 0.05) is 24.3 Å². The Kier molecular flexibility index (Phi) is 5.68. The number of hydrogen-bond acceptors (Lipinski definition) is 7. The molecule has 3 aromatic heterocycles. The third-order valence-corrected chi connectivity index (χ3v) is 4.90. The van der Waals surface area contributed by atoms with Crippen molar-refractivity contribution in [1.82, 2.24) is 30.0 Å². The summed E-state index contributed by atoms with van der Waals surface area (Å²) < 4.78 is 7.09. The van der Waals surface area contributed by atoms with Gasteiger partial charge in [0.2, 0.25) is 5.95 Å². The number of amides is 1. The summed E-state index contributed by atoms with van der Waals surface area (Å²) in [6.45, 7) is 3.72. The number of aryl methyl sites for hydroxylation is 2. The first kappa shape index (κ1) is 20.5. The molecule has 0 spiro atoms. The quantitative estimate of drug-likeness (QED) is 0.467. The number of carbonyl (C=O) groups is 1. The molecule has 2 N–H and O–H groups in total. The van der Waals surface area contributed by atoms with Crippen LogP contribution in [-0.2, 0) is 7.05 Å². The number of nitrogens with one attached hydrogen (secondary N) is 2. The van der Waals surface area contributed by atoms with Gasteiger partial charge < -0.3 is 15.1 Å². The fourth-order valence-electron chi connectivity index (χ4n) is 2.98. The normalized spacial score (nSPS) is 11.9. The van der Waals surface area contributed by atoms with Crippen LogP contribution < -0.4 is 10.6 Å². The van der Waals surface area contributed by atoms with Gasteiger partial charge in [0.25, 0.3) is 5.89 Å². The van der Waals surface area contributed by atoms with Crippen LogP contribution in [0.4, 0.5) is 11.8 Å². The predicted molar refractivity (Wildman–Crippen MR) is 116 cm³/mol. The molecular weight excluding hydrogens is 418 g/mol. The minimum absolute atomic E-state index is 0.0527. The van der Waals surface area contributed by atoms with Crippen LogP contribution in [0, 0.1) is 6.92 Å². The SMILES string of the molecule is Cc1cnc(Nc2ccnn2C)nc1-c1coc(C(=O)N[C@H](C)c2cccc(Cl)c2)n1. The van der Waals surface area contributed by atoms with Crippen molar-refractivity contribution in [3.8, 4) is 11.4 Å². The number of halogens is 1. The Morgan fingerprint density at radius 2 is 2.10 bits per heavy atom. The molecule has 4 aromatic rings. The van der Waals surface area contributed by atoms with E-state index < -0.39 is 5.91 Å². The van der Waals surface area contributed by atoms with Crippen LogP contribution in [0.25, 0.3) is 11.4 Å². The van der Waals surface area contributed by atoms with E-state index in [0.717, 1.165) is 16.9 Å². The number of oxazole rings is 1. The van der Waals surface area contributed by atoms with E-state index in [9.17, 15) is 4.79 Å². The highest BCUT2D eigenvalue weighted by atomic mass is 35.5. The molecule has 9 nitrogen and oxygen atoms in total. The van der Waals surface area contributed by atoms with E-state index in [1.54, 1.807) is 29.2 Å². The second-order valence-corrected chi connectivity index (χ2v) is 7.41. The molecular formula is C21H20ClN7O2. The lowest BCUT2D eigenvalue weighted by Crippen LogP contribution is -2.26. The second-order valence-electron chi connectivity index (χ2n) is 6.98. The zero-order valence-corrected chi connectivity index (χ0v) is 17.9. The van der Waals surface area contributed by atoms with E-state index in [1.807, 2.05) is 39.1 Å². The van der Waals surface area contributed by atoms with E-state index in [-0.39, 0.29) is 11.9 Å². The summed E-state index contributed by atoms with van der Waals surface area (Å²) in [4.78, 5) is 25.7. The summed E-state index contributed by atoms with van der Waals surface area (Å²) in [6, 6.07) is 8.84. The van der Waals surface area contributed by atoms with Crippen LogP contribution in [0.15, 0.2) is 53.4 Å². The van der Waals surface area contributed by atoms with E-state index in [1.165, 1.54) is 6.26 Å². The number of rotatable bonds is 6. The zero-order chi connectivity index (χ0) is 22.0. The molecule has 0 aliphatic rings. The fraction of sp³-hybridized carbons (Fsp3) is 0.190. The average molecular weight is 438 g/mol. The summed E-state index contributed by atoms with van der Waals surface area (Å²) in [5, 5.41) is 10.7. The molecule has 3 heterocycles. The zero-order valence-electron chi connectivity index (χ0n) is 17.1. The summed E-state index contributed by atoms with van der Waals surface area (Å²) >= 11 is 6.03. The highest BCUT2D eigenvalue weighted by molar-refractivity contribution is 6.30. The van der Waals surface area contributed by atoms with Crippen molar-refractivity contribution < 1.29 is 9.21 Å². The molecule has 0 fully saturated rings. The maximum absolute atomic E-state index is 12.6. The molecule has 1 atom stereocenters. The molecule has 10 heteroatoms. The van der Waals surface area contributed by atoms with Crippen molar-refractivity contribution in [3.63, 3.8) is 0 Å². The lowest BCUT2D eigenvalue weighted by atomic mass is 10.1. The van der Waals surface area contributed by atoms with Gasteiger partial charge in [-0.3, -0.25) is 9.48 Å². The van der Waals surface area contributed by atoms with Crippen LogP contribution >= 0.6 is 11.6 Å². The molecule has 31 heavy (non-hydrogen) atoms. The van der Waals surface area contributed by atoms with Gasteiger partial charge in [-0.15, -0.1) is 0 Å². The van der Waals surface area contributed by atoms with Gasteiger partial charge in [-0.2, -0.15) is 5.10 Å². The average Bonchev–Trinajstić information content (AvgIpc) is 3.39. The number of aromatic nitrogens is 5. The van der Waals surface area contributed by atoms with Gasteiger partial charge in [0.05, 0.1) is 12.2 Å². The monoisotopic (exact) mass is 437 g/mol. The molecule has 0 saturated heterocycles. The van der Waals surface area contributed by atoms with Gasteiger partial charge in [0.15, 0.2) is 0 Å². The lowest BCUT2D eigenvalue weighted by Gasteiger charge is -2.13. The van der Waals surface area contributed by atoms with Crippen LogP contribution in [-0.4, -0.2) is 30.6 Å². The molecule has 4 rings (SSSR count). The van der Waals surface area contributed by atoms with E-state index in [0.29, 0.717) is 22.4 Å². The van der Waals surface area contributed by atoms with Crippen molar-refractivity contribution in [3.05, 3.63) is 71.0 Å². The molecule has 1 amide bonds. The van der Waals surface area contributed by atoms with Gasteiger partial charge in [-0.1, -0.05) is 23.7 Å². The predicted octanol–water partition coefficient (Wildman–Crippen LogP) is 4.06. The smallest absolute Gasteiger partial charge is 0.307 e. The second kappa shape index (κ2) is 8.57. The van der Waals surface area contributed by atoms with Crippen LogP contribution in [0.2, 0.25) is 5.02 Å². The Balaban J connectivity index is 1.52. The molecule has 0 unspecified atom stereocenters. The number of anilines is 2. The van der Waals surface area contributed by atoms with Crippen LogP contribution in [0.5, 0.6) is 0 Å². The Hall–Kier alpha value is -3.72. The number of benzene rings is 1. The third kappa shape index (κ3) is 4.56. The van der Waals surface area contributed by atoms with Crippen molar-refractivity contribution in [1.29, 1.82) is 0 Å². The Bertz CT molecular complexity index is 1230. The molecule has 0 radical (unpaired) electrons. The first-order chi connectivity index (χ1) is 14.9. The molecule has 0 aliphatic heterocycles. The van der Waals surface area contributed by atoms with Gasteiger partial charge in [0.1, 0.15) is 23.5 Å². The number of nitrogens with zero attached hydrogens (tertiary/aromatic N) is 5. The van der Waals surface area contributed by atoms with Gasteiger partial charge >= 0.3 is 5.91 Å². The van der Waals surface area contributed by atoms with Crippen molar-refractivity contribution in [2.45, 2.75) is 19.9 Å². The topological polar surface area (TPSA) is 111 Å². The summed E-state index contributed by atoms with van der Waals surface area (Å²) in [5.74, 6) is 0.638. The Morgan fingerprint density at radius 1 is 1.26 bits per heavy atom. The summed E-state index contributed by atoms with van der Waals surface area (Å²) in [6.07, 6.45) is 4.75. The van der Waals surface area contributed by atoms with E-state index >= 15 is 0 Å². The van der Waals surface area contributed by atoms with E-state index in [4.69, 9.17) is 16.0 Å². The maximum atomic E-state index is 12.6. The molecule has 0 bridgehead atoms. The van der Waals surface area contributed by atoms with Crippen LogP contribution in [0.3, 0.4) is 0 Å². The fourth-order valence-corrected chi connectivity index (χ4v) is 3.18. The summed E-state index contributed by atoms with van der Waals surface area (Å²) in [5.41, 5.74) is 2.67. The largest absolute Gasteiger partial charge is 0.440 e. The number of carbonyl (C=O) groups excluding carboxylic acids is 1. The first-order valence-electron chi connectivity index (χ1n) is 9.51. The van der Waals surface area contributed by atoms with Gasteiger partial charge in [-0.05, 0) is 37.1 Å². The minimum Gasteiger partial charge on any atom is -0.440 e. The van der Waals surface area contributed by atoms with Gasteiger partial charge in [-0.25, -0.2) is 15.0 Å². The van der Waals surface area contributed by atoms with Crippen molar-refractivity contribution >= 4 is 29.3 Å². The molecule has 0 saturated carbocycles. The lowest BCUT2D eigenvalue weighted by molar-refractivity contribution is 0.0905. The highest BCUT2D eigenvalue weighted by Crippen LogP contribution is 2.23.